The lowest BCUT2D eigenvalue weighted by molar-refractivity contribution is -0.158. The van der Waals surface area contributed by atoms with Gasteiger partial charge in [0.05, 0.1) is 0 Å². The number of rotatable bonds is 9. The number of carbonyl (C=O) groups is 2. The molecule has 1 atom stereocenters. The maximum atomic E-state index is 12.3. The largest absolute Gasteiger partial charge is 0.479 e. The van der Waals surface area contributed by atoms with E-state index in [2.05, 4.69) is 0 Å². The van der Waals surface area contributed by atoms with Crippen LogP contribution in [0.25, 0.3) is 0 Å². The third kappa shape index (κ3) is 6.30. The first kappa shape index (κ1) is 21.3. The smallest absolute Gasteiger partial charge is 0.347 e. The lowest BCUT2D eigenvalue weighted by atomic mass is 10.2. The van der Waals surface area contributed by atoms with E-state index in [0.29, 0.717) is 18.7 Å². The Balaban J connectivity index is 1.83. The molecule has 0 saturated heterocycles. The van der Waals surface area contributed by atoms with Crippen LogP contribution in [0.2, 0.25) is 0 Å². The van der Waals surface area contributed by atoms with E-state index in [-0.39, 0.29) is 12.5 Å². The summed E-state index contributed by atoms with van der Waals surface area (Å²) in [5.74, 6) is -0.209. The van der Waals surface area contributed by atoms with Crippen molar-refractivity contribution in [2.24, 2.45) is 0 Å². The maximum Gasteiger partial charge on any atom is 0.347 e. The minimum Gasteiger partial charge on any atom is -0.479 e. The first-order chi connectivity index (χ1) is 13.4. The van der Waals surface area contributed by atoms with E-state index < -0.39 is 12.1 Å². The van der Waals surface area contributed by atoms with Crippen LogP contribution in [0.5, 0.6) is 5.75 Å². The summed E-state index contributed by atoms with van der Waals surface area (Å²) in [5, 5.41) is 0. The molecule has 0 radical (unpaired) electrons. The van der Waals surface area contributed by atoms with Crippen molar-refractivity contribution in [1.82, 2.24) is 4.90 Å². The summed E-state index contributed by atoms with van der Waals surface area (Å²) in [6.45, 7) is 1.97. The van der Waals surface area contributed by atoms with Crippen LogP contribution in [0.4, 0.5) is 5.69 Å². The summed E-state index contributed by atoms with van der Waals surface area (Å²) < 4.78 is 10.8. The van der Waals surface area contributed by atoms with Crippen LogP contribution in [0.15, 0.2) is 54.6 Å². The minimum absolute atomic E-state index is 0.264. The molecule has 0 N–H and O–H groups in total. The lowest BCUT2D eigenvalue weighted by Gasteiger charge is -2.20. The minimum atomic E-state index is -0.737. The lowest BCUT2D eigenvalue weighted by Crippen LogP contribution is -2.34. The number of esters is 1. The highest BCUT2D eigenvalue weighted by atomic mass is 16.6. The van der Waals surface area contributed by atoms with Crippen LogP contribution in [0.3, 0.4) is 0 Å². The van der Waals surface area contributed by atoms with Gasteiger partial charge in [-0.1, -0.05) is 37.3 Å². The molecule has 0 unspecified atom stereocenters. The van der Waals surface area contributed by atoms with Crippen LogP contribution in [-0.2, 0) is 20.9 Å². The van der Waals surface area contributed by atoms with Crippen LogP contribution < -0.4 is 9.64 Å². The molecule has 0 aliphatic rings. The number of ether oxygens (including phenoxy) is 2. The van der Waals surface area contributed by atoms with Crippen molar-refractivity contribution in [2.45, 2.75) is 26.0 Å². The summed E-state index contributed by atoms with van der Waals surface area (Å²) in [7, 11) is 5.64. The van der Waals surface area contributed by atoms with Crippen LogP contribution in [0.1, 0.15) is 18.9 Å². The maximum absolute atomic E-state index is 12.3. The van der Waals surface area contributed by atoms with Crippen LogP contribution in [-0.4, -0.2) is 50.6 Å². The molecular formula is C22H28N2O4. The predicted molar refractivity (Wildman–Crippen MR) is 109 cm³/mol. The summed E-state index contributed by atoms with van der Waals surface area (Å²) in [6.07, 6.45) is -0.283. The third-order valence-electron chi connectivity index (χ3n) is 4.29. The Hall–Kier alpha value is -3.02. The highest BCUT2D eigenvalue weighted by molar-refractivity contribution is 5.82. The monoisotopic (exact) mass is 384 g/mol. The van der Waals surface area contributed by atoms with Gasteiger partial charge in [-0.25, -0.2) is 4.79 Å². The number of anilines is 1. The molecule has 0 aromatic heterocycles. The molecule has 150 valence electrons. The average Bonchev–Trinajstić information content (AvgIpc) is 2.71. The zero-order valence-corrected chi connectivity index (χ0v) is 16.9. The summed E-state index contributed by atoms with van der Waals surface area (Å²) >= 11 is 0. The first-order valence-corrected chi connectivity index (χ1v) is 9.29. The second-order valence-corrected chi connectivity index (χ2v) is 6.75. The molecule has 6 heteroatoms. The zero-order chi connectivity index (χ0) is 20.5. The van der Waals surface area contributed by atoms with Gasteiger partial charge in [-0.05, 0) is 36.2 Å². The van der Waals surface area contributed by atoms with Gasteiger partial charge in [0.1, 0.15) is 5.75 Å². The van der Waals surface area contributed by atoms with E-state index in [0.717, 1.165) is 11.3 Å². The fraction of sp³-hybridized carbons (Fsp3) is 0.364. The first-order valence-electron chi connectivity index (χ1n) is 9.29. The van der Waals surface area contributed by atoms with E-state index >= 15 is 0 Å². The number of benzene rings is 2. The second-order valence-electron chi connectivity index (χ2n) is 6.75. The van der Waals surface area contributed by atoms with Gasteiger partial charge in [-0.15, -0.1) is 0 Å². The molecule has 0 heterocycles. The standard InChI is InChI=1S/C22H28N2O4/c1-5-20(28-19-9-7-6-8-10-19)22(26)27-16-21(25)24(4)15-17-11-13-18(14-12-17)23(2)3/h6-14,20H,5,15-16H2,1-4H3/t20-/m0/s1. The average molecular weight is 384 g/mol. The predicted octanol–water partition coefficient (Wildman–Crippen LogP) is 3.11. The van der Waals surface area contributed by atoms with E-state index in [1.54, 1.807) is 19.2 Å². The van der Waals surface area contributed by atoms with Crippen molar-refractivity contribution in [2.75, 3.05) is 32.6 Å². The summed E-state index contributed by atoms with van der Waals surface area (Å²) in [5.41, 5.74) is 2.10. The molecule has 0 aliphatic carbocycles. The van der Waals surface area contributed by atoms with Gasteiger partial charge in [-0.2, -0.15) is 0 Å². The topological polar surface area (TPSA) is 59.1 Å². The third-order valence-corrected chi connectivity index (χ3v) is 4.29. The van der Waals surface area contributed by atoms with E-state index in [1.165, 1.54) is 4.90 Å². The van der Waals surface area contributed by atoms with Gasteiger partial charge >= 0.3 is 5.97 Å². The van der Waals surface area contributed by atoms with Gasteiger partial charge in [-0.3, -0.25) is 4.79 Å². The Morgan fingerprint density at radius 1 is 0.964 bits per heavy atom. The quantitative estimate of drug-likeness (QED) is 0.622. The number of likely N-dealkylation sites (N-methyl/N-ethyl adjacent to an activating group) is 1. The fourth-order valence-electron chi connectivity index (χ4n) is 2.56. The number of amides is 1. The molecule has 2 rings (SSSR count). The van der Waals surface area contributed by atoms with Crippen molar-refractivity contribution in [3.05, 3.63) is 60.2 Å². The van der Waals surface area contributed by atoms with Crippen molar-refractivity contribution < 1.29 is 19.1 Å². The Morgan fingerprint density at radius 2 is 1.61 bits per heavy atom. The van der Waals surface area contributed by atoms with Crippen molar-refractivity contribution in [3.63, 3.8) is 0 Å². The van der Waals surface area contributed by atoms with Crippen molar-refractivity contribution >= 4 is 17.6 Å². The summed E-state index contributed by atoms with van der Waals surface area (Å²) in [4.78, 5) is 28.1. The van der Waals surface area contributed by atoms with Gasteiger partial charge in [0, 0.05) is 33.4 Å². The number of carbonyl (C=O) groups excluding carboxylic acids is 2. The van der Waals surface area contributed by atoms with Gasteiger partial charge in [0.2, 0.25) is 0 Å². The number of hydrogen-bond donors (Lipinski definition) is 0. The van der Waals surface area contributed by atoms with E-state index in [4.69, 9.17) is 9.47 Å². The van der Waals surface area contributed by atoms with E-state index in [1.807, 2.05) is 68.4 Å². The van der Waals surface area contributed by atoms with Crippen molar-refractivity contribution in [1.29, 1.82) is 0 Å². The van der Waals surface area contributed by atoms with E-state index in [9.17, 15) is 9.59 Å². The SMILES string of the molecule is CC[C@H](Oc1ccccc1)C(=O)OCC(=O)N(C)Cc1ccc(N(C)C)cc1. The molecule has 0 bridgehead atoms. The normalized spacial score (nSPS) is 11.4. The Labute approximate surface area is 166 Å². The Kier molecular flexibility index (Phi) is 7.87. The number of para-hydroxylation sites is 1. The molecule has 2 aromatic carbocycles. The molecule has 0 aliphatic heterocycles. The molecule has 6 nitrogen and oxygen atoms in total. The second kappa shape index (κ2) is 10.3. The molecule has 1 amide bonds. The molecule has 0 saturated carbocycles. The van der Waals surface area contributed by atoms with Crippen molar-refractivity contribution in [3.8, 4) is 5.75 Å². The van der Waals surface area contributed by atoms with Crippen LogP contribution >= 0.6 is 0 Å². The zero-order valence-electron chi connectivity index (χ0n) is 16.9. The number of hydrogen-bond acceptors (Lipinski definition) is 5. The molecule has 28 heavy (non-hydrogen) atoms. The van der Waals surface area contributed by atoms with Gasteiger partial charge in [0.15, 0.2) is 12.7 Å². The molecular weight excluding hydrogens is 356 g/mol. The summed E-state index contributed by atoms with van der Waals surface area (Å²) in [6, 6.07) is 17.0. The molecule has 0 fully saturated rings. The highest BCUT2D eigenvalue weighted by Gasteiger charge is 2.22. The van der Waals surface area contributed by atoms with Gasteiger partial charge < -0.3 is 19.3 Å². The van der Waals surface area contributed by atoms with Crippen LogP contribution in [0, 0.1) is 0 Å². The van der Waals surface area contributed by atoms with Gasteiger partial charge in [0.25, 0.3) is 5.91 Å². The Bertz CT molecular complexity index is 760. The molecule has 0 spiro atoms. The fourth-order valence-corrected chi connectivity index (χ4v) is 2.56. The highest BCUT2D eigenvalue weighted by Crippen LogP contribution is 2.15. The molecule has 2 aromatic rings. The Morgan fingerprint density at radius 3 is 2.18 bits per heavy atom. The number of nitrogens with zero attached hydrogens (tertiary/aromatic N) is 2.